The summed E-state index contributed by atoms with van der Waals surface area (Å²) in [5.41, 5.74) is 1.16. The van der Waals surface area contributed by atoms with Crippen LogP contribution in [0.5, 0.6) is 5.75 Å². The van der Waals surface area contributed by atoms with Gasteiger partial charge in [0.05, 0.1) is 17.9 Å². The van der Waals surface area contributed by atoms with E-state index in [1.807, 2.05) is 68.4 Å². The highest BCUT2D eigenvalue weighted by molar-refractivity contribution is 5.81. The van der Waals surface area contributed by atoms with Crippen molar-refractivity contribution in [2.45, 2.75) is 51.7 Å². The molecule has 0 aliphatic heterocycles. The van der Waals surface area contributed by atoms with Crippen molar-refractivity contribution in [3.8, 4) is 5.75 Å². The lowest BCUT2D eigenvalue weighted by molar-refractivity contribution is -0.139. The molecule has 0 radical (unpaired) electrons. The second kappa shape index (κ2) is 8.87. The Morgan fingerprint density at radius 1 is 1.00 bits per heavy atom. The van der Waals surface area contributed by atoms with Crippen LogP contribution >= 0.6 is 0 Å². The van der Waals surface area contributed by atoms with Crippen molar-refractivity contribution in [3.63, 3.8) is 0 Å². The largest absolute Gasteiger partial charge is 0.465 e. The van der Waals surface area contributed by atoms with E-state index < -0.39 is 11.6 Å². The first-order valence-corrected chi connectivity index (χ1v) is 9.03. The van der Waals surface area contributed by atoms with Crippen LogP contribution in [-0.4, -0.2) is 16.7 Å². The molecule has 1 N–H and O–H groups in total. The third kappa shape index (κ3) is 7.27. The lowest BCUT2D eigenvalue weighted by Crippen LogP contribution is -2.31. The van der Waals surface area contributed by atoms with E-state index >= 15 is 0 Å². The molecule has 0 aromatic heterocycles. The minimum atomic E-state index is -0.735. The van der Waals surface area contributed by atoms with Gasteiger partial charge in [0, 0.05) is 0 Å². The van der Waals surface area contributed by atoms with Gasteiger partial charge in [0.1, 0.15) is 12.4 Å². The van der Waals surface area contributed by atoms with E-state index in [4.69, 9.17) is 9.47 Å². The maximum Gasteiger partial charge on any atom is 0.334 e. The van der Waals surface area contributed by atoms with Crippen LogP contribution in [0.4, 0.5) is 0 Å². The predicted octanol–water partition coefficient (Wildman–Crippen LogP) is 4.76. The zero-order valence-corrected chi connectivity index (χ0v) is 16.4. The quantitative estimate of drug-likeness (QED) is 0.415. The molecule has 0 amide bonds. The molecule has 0 heterocycles. The topological polar surface area (TPSA) is 55.8 Å². The fourth-order valence-corrected chi connectivity index (χ4v) is 3.11. The molecule has 4 heteroatoms. The average molecular weight is 368 g/mol. The van der Waals surface area contributed by atoms with Crippen molar-refractivity contribution in [1.29, 1.82) is 0 Å². The Balaban J connectivity index is 1.85. The van der Waals surface area contributed by atoms with E-state index in [2.05, 4.69) is 13.8 Å². The maximum atomic E-state index is 11.7. The van der Waals surface area contributed by atoms with Crippen molar-refractivity contribution >= 4 is 5.97 Å². The molecule has 0 fully saturated rings. The zero-order valence-electron chi connectivity index (χ0n) is 16.4. The lowest BCUT2D eigenvalue weighted by Gasteiger charge is -2.32. The molecular formula is C23H28O4. The summed E-state index contributed by atoms with van der Waals surface area (Å²) in [5, 5.41) is 10.1. The highest BCUT2D eigenvalue weighted by atomic mass is 16.5. The molecule has 0 spiro atoms. The summed E-state index contributed by atoms with van der Waals surface area (Å²) in [6, 6.07) is 17.1. The van der Waals surface area contributed by atoms with Gasteiger partial charge in [-0.15, -0.1) is 0 Å². The molecule has 0 saturated heterocycles. The first-order valence-electron chi connectivity index (χ1n) is 9.03. The Morgan fingerprint density at radius 2 is 1.63 bits per heavy atom. The molecule has 0 unspecified atom stereocenters. The summed E-state index contributed by atoms with van der Waals surface area (Å²) >= 11 is 0. The van der Waals surface area contributed by atoms with Gasteiger partial charge < -0.3 is 14.6 Å². The minimum Gasteiger partial charge on any atom is -0.465 e. The summed E-state index contributed by atoms with van der Waals surface area (Å²) in [6.07, 6.45) is 3.23. The van der Waals surface area contributed by atoms with E-state index in [-0.39, 0.29) is 12.0 Å². The molecule has 0 aliphatic rings. The number of ether oxygens (including phenoxy) is 2. The maximum absolute atomic E-state index is 11.7. The smallest absolute Gasteiger partial charge is 0.334 e. The summed E-state index contributed by atoms with van der Waals surface area (Å²) in [4.78, 5) is 11.7. The Hall–Kier alpha value is -2.59. The fraction of sp³-hybridized carbons (Fsp3) is 0.348. The Kier molecular flexibility index (Phi) is 6.81. The number of hydrogen-bond donors (Lipinski definition) is 1. The van der Waals surface area contributed by atoms with Crippen molar-refractivity contribution in [2.75, 3.05) is 0 Å². The SMILES string of the molecule is CC(C)(O)CC(C)(C)c1ccc(O/C=C/C(=O)OCc2ccccc2)cc1. The molecule has 0 aliphatic carbocycles. The average Bonchev–Trinajstić information content (AvgIpc) is 2.59. The lowest BCUT2D eigenvalue weighted by atomic mass is 9.76. The Labute approximate surface area is 161 Å². The van der Waals surface area contributed by atoms with Crippen LogP contribution < -0.4 is 4.74 Å². The van der Waals surface area contributed by atoms with E-state index in [0.29, 0.717) is 12.2 Å². The van der Waals surface area contributed by atoms with Crippen LogP contribution in [0.25, 0.3) is 0 Å². The zero-order chi connectivity index (χ0) is 19.9. The van der Waals surface area contributed by atoms with Crippen LogP contribution in [0.2, 0.25) is 0 Å². The van der Waals surface area contributed by atoms with Gasteiger partial charge in [-0.3, -0.25) is 0 Å². The molecule has 144 valence electrons. The standard InChI is InChI=1S/C23H28O4/c1-22(2,17-23(3,4)25)19-10-12-20(13-11-19)26-15-14-21(24)27-16-18-8-6-5-7-9-18/h5-15,25H,16-17H2,1-4H3/b15-14+. The summed E-state index contributed by atoms with van der Waals surface area (Å²) in [5.74, 6) is 0.173. The van der Waals surface area contributed by atoms with Crippen LogP contribution in [0.15, 0.2) is 66.9 Å². The number of esters is 1. The molecule has 0 atom stereocenters. The number of rotatable bonds is 8. The van der Waals surface area contributed by atoms with Crippen LogP contribution in [0.3, 0.4) is 0 Å². The molecule has 0 saturated carbocycles. The van der Waals surface area contributed by atoms with E-state index in [1.165, 1.54) is 12.3 Å². The van der Waals surface area contributed by atoms with Crippen molar-refractivity contribution < 1.29 is 19.4 Å². The normalized spacial score (nSPS) is 12.2. The number of aliphatic hydroxyl groups is 1. The minimum absolute atomic E-state index is 0.159. The highest BCUT2D eigenvalue weighted by Gasteiger charge is 2.28. The molecule has 0 bridgehead atoms. The second-order valence-corrected chi connectivity index (χ2v) is 7.91. The Morgan fingerprint density at radius 3 is 2.22 bits per heavy atom. The molecule has 2 rings (SSSR count). The fourth-order valence-electron chi connectivity index (χ4n) is 3.11. The van der Waals surface area contributed by atoms with Crippen LogP contribution in [0.1, 0.15) is 45.2 Å². The third-order valence-corrected chi connectivity index (χ3v) is 4.14. The van der Waals surface area contributed by atoms with Crippen molar-refractivity contribution in [2.24, 2.45) is 0 Å². The van der Waals surface area contributed by atoms with Crippen LogP contribution in [0, 0.1) is 0 Å². The predicted molar refractivity (Wildman–Crippen MR) is 106 cm³/mol. The number of hydrogen-bond acceptors (Lipinski definition) is 4. The molecule has 2 aromatic rings. The van der Waals surface area contributed by atoms with Gasteiger partial charge in [0.2, 0.25) is 0 Å². The molecule has 2 aromatic carbocycles. The van der Waals surface area contributed by atoms with Gasteiger partial charge in [-0.05, 0) is 48.9 Å². The summed E-state index contributed by atoms with van der Waals surface area (Å²) in [7, 11) is 0. The first kappa shape index (κ1) is 20.7. The van der Waals surface area contributed by atoms with Gasteiger partial charge >= 0.3 is 5.97 Å². The summed E-state index contributed by atoms with van der Waals surface area (Å²) < 4.78 is 10.6. The first-order chi connectivity index (χ1) is 12.7. The third-order valence-electron chi connectivity index (χ3n) is 4.14. The summed E-state index contributed by atoms with van der Waals surface area (Å²) in [6.45, 7) is 8.06. The van der Waals surface area contributed by atoms with Gasteiger partial charge in [0.25, 0.3) is 0 Å². The Bertz CT molecular complexity index is 753. The number of carbonyl (C=O) groups excluding carboxylic acids is 1. The van der Waals surface area contributed by atoms with Crippen molar-refractivity contribution in [1.82, 2.24) is 0 Å². The van der Waals surface area contributed by atoms with Gasteiger partial charge in [-0.1, -0.05) is 56.3 Å². The molecular weight excluding hydrogens is 340 g/mol. The van der Waals surface area contributed by atoms with Crippen molar-refractivity contribution in [3.05, 3.63) is 78.1 Å². The number of carbonyl (C=O) groups is 1. The highest BCUT2D eigenvalue weighted by Crippen LogP contribution is 2.33. The van der Waals surface area contributed by atoms with Gasteiger partial charge in [-0.25, -0.2) is 4.79 Å². The van der Waals surface area contributed by atoms with Gasteiger partial charge in [-0.2, -0.15) is 0 Å². The second-order valence-electron chi connectivity index (χ2n) is 7.91. The van der Waals surface area contributed by atoms with Gasteiger partial charge in [0.15, 0.2) is 0 Å². The van der Waals surface area contributed by atoms with E-state index in [0.717, 1.165) is 11.1 Å². The monoisotopic (exact) mass is 368 g/mol. The number of benzene rings is 2. The van der Waals surface area contributed by atoms with E-state index in [1.54, 1.807) is 0 Å². The van der Waals surface area contributed by atoms with E-state index in [9.17, 15) is 9.90 Å². The molecule has 4 nitrogen and oxygen atoms in total. The molecule has 27 heavy (non-hydrogen) atoms. The van der Waals surface area contributed by atoms with Crippen LogP contribution in [-0.2, 0) is 21.6 Å².